The van der Waals surface area contributed by atoms with Gasteiger partial charge in [0, 0.05) is 25.0 Å². The third-order valence-electron chi connectivity index (χ3n) is 6.51. The quantitative estimate of drug-likeness (QED) is 0.328. The first-order valence-corrected chi connectivity index (χ1v) is 15.3. The van der Waals surface area contributed by atoms with Gasteiger partial charge in [-0.05, 0) is 60.4 Å². The van der Waals surface area contributed by atoms with Crippen LogP contribution in [0.5, 0.6) is 5.75 Å². The molecular formula is C25H28N6O5S2-2. The van der Waals surface area contributed by atoms with Crippen molar-refractivity contribution in [2.45, 2.75) is 24.3 Å². The number of sulfonamides is 1. The van der Waals surface area contributed by atoms with Gasteiger partial charge in [-0.3, -0.25) is 4.72 Å². The zero-order chi connectivity index (χ0) is 26.9. The number of aromatic nitrogens is 4. The van der Waals surface area contributed by atoms with E-state index in [2.05, 4.69) is 25.0 Å². The van der Waals surface area contributed by atoms with Crippen molar-refractivity contribution in [3.63, 3.8) is 0 Å². The summed E-state index contributed by atoms with van der Waals surface area (Å²) in [7, 11) is -3.76. The van der Waals surface area contributed by atoms with Crippen LogP contribution in [0.2, 0.25) is 0 Å². The van der Waals surface area contributed by atoms with E-state index >= 15 is 0 Å². The Morgan fingerprint density at radius 3 is 2.39 bits per heavy atom. The van der Waals surface area contributed by atoms with Gasteiger partial charge < -0.3 is 34.3 Å². The number of nitrogens with one attached hydrogen (secondary N) is 2. The Hall–Kier alpha value is -3.39. The van der Waals surface area contributed by atoms with Gasteiger partial charge in [0.2, 0.25) is 0 Å². The zero-order valence-electron chi connectivity index (χ0n) is 21.0. The van der Waals surface area contributed by atoms with Gasteiger partial charge in [0.15, 0.2) is 16.7 Å². The molecule has 0 radical (unpaired) electrons. The molecule has 3 heterocycles. The molecule has 0 unspecified atom stereocenters. The molecule has 2 aromatic carbocycles. The van der Waals surface area contributed by atoms with Crippen LogP contribution in [0, 0.1) is 5.92 Å². The Balaban J connectivity index is 1.51. The largest absolute Gasteiger partial charge is 0.800 e. The van der Waals surface area contributed by atoms with Crippen LogP contribution in [0.15, 0.2) is 60.0 Å². The summed E-state index contributed by atoms with van der Waals surface area (Å²) in [6.07, 6.45) is 4.64. The molecule has 2 aromatic heterocycles. The van der Waals surface area contributed by atoms with E-state index in [1.807, 2.05) is 24.3 Å². The fourth-order valence-electron chi connectivity index (χ4n) is 4.42. The van der Waals surface area contributed by atoms with Crippen LogP contribution in [0.4, 0.5) is 17.3 Å². The SMILES string of the molecule is COc1ccc(CC2CCS([O-])([O-])CC2)c(Nc2nc3ccccc3nc2NS(=O)(=O)c2cn(C)cn2)c1. The highest BCUT2D eigenvalue weighted by atomic mass is 32.3. The van der Waals surface area contributed by atoms with Gasteiger partial charge in [0.25, 0.3) is 10.0 Å². The molecule has 0 bridgehead atoms. The van der Waals surface area contributed by atoms with Crippen molar-refractivity contribution in [1.82, 2.24) is 19.5 Å². The lowest BCUT2D eigenvalue weighted by molar-refractivity contribution is 0.394. The van der Waals surface area contributed by atoms with Crippen LogP contribution in [-0.4, -0.2) is 55.7 Å². The third-order valence-corrected chi connectivity index (χ3v) is 9.45. The van der Waals surface area contributed by atoms with Gasteiger partial charge >= 0.3 is 0 Å². The second-order valence-corrected chi connectivity index (χ2v) is 13.3. The van der Waals surface area contributed by atoms with Crippen molar-refractivity contribution in [1.29, 1.82) is 0 Å². The summed E-state index contributed by atoms with van der Waals surface area (Å²) >= 11 is 0. The highest BCUT2D eigenvalue weighted by Crippen LogP contribution is 2.46. The van der Waals surface area contributed by atoms with Crippen molar-refractivity contribution in [3.05, 3.63) is 60.6 Å². The summed E-state index contributed by atoms with van der Waals surface area (Å²) in [5.41, 5.74) is 2.70. The number of sulfone groups is 1. The first-order valence-electron chi connectivity index (χ1n) is 12.0. The fraction of sp³-hybridized carbons (Fsp3) is 0.320. The number of aryl methyl sites for hydroxylation is 1. The first kappa shape index (κ1) is 26.2. The molecule has 1 fully saturated rings. The topological polar surface area (TPSA) is 157 Å². The number of fused-ring (bicyclic) bond motifs is 1. The Bertz CT molecular complexity index is 1560. The molecule has 38 heavy (non-hydrogen) atoms. The van der Waals surface area contributed by atoms with Crippen molar-refractivity contribution in [2.75, 3.05) is 28.7 Å². The molecule has 0 atom stereocenters. The normalized spacial score (nSPS) is 16.7. The van der Waals surface area contributed by atoms with Gasteiger partial charge in [0.1, 0.15) is 5.75 Å². The van der Waals surface area contributed by atoms with Crippen LogP contribution in [0.1, 0.15) is 18.4 Å². The van der Waals surface area contributed by atoms with Crippen molar-refractivity contribution in [3.8, 4) is 5.75 Å². The number of benzene rings is 2. The number of rotatable bonds is 8. The number of hydrogen-bond donors (Lipinski definition) is 2. The predicted octanol–water partition coefficient (Wildman–Crippen LogP) is 3.93. The highest BCUT2D eigenvalue weighted by Gasteiger charge is 2.23. The fourth-order valence-corrected chi connectivity index (χ4v) is 7.01. The van der Waals surface area contributed by atoms with Crippen LogP contribution in [0.25, 0.3) is 11.0 Å². The van der Waals surface area contributed by atoms with Gasteiger partial charge in [-0.25, -0.2) is 15.0 Å². The number of nitrogens with zero attached hydrogens (tertiary/aromatic N) is 4. The molecule has 2 N–H and O–H groups in total. The lowest BCUT2D eigenvalue weighted by atomic mass is 9.93. The smallest absolute Gasteiger partial charge is 0.282 e. The predicted molar refractivity (Wildman–Crippen MR) is 145 cm³/mol. The Labute approximate surface area is 222 Å². The minimum absolute atomic E-state index is 0.0203. The van der Waals surface area contributed by atoms with Gasteiger partial charge in [0.05, 0.1) is 24.5 Å². The maximum absolute atomic E-state index is 13.1. The summed E-state index contributed by atoms with van der Waals surface area (Å²) in [4.78, 5) is 13.2. The number of para-hydroxylation sites is 2. The monoisotopic (exact) mass is 556 g/mol. The summed E-state index contributed by atoms with van der Waals surface area (Å²) < 4.78 is 59.5. The van der Waals surface area contributed by atoms with E-state index in [0.29, 0.717) is 41.7 Å². The minimum Gasteiger partial charge on any atom is -0.800 e. The molecule has 13 heteroatoms. The lowest BCUT2D eigenvalue weighted by Crippen LogP contribution is -2.22. The first-order chi connectivity index (χ1) is 18.1. The summed E-state index contributed by atoms with van der Waals surface area (Å²) in [6.45, 7) is 0. The molecule has 0 spiro atoms. The zero-order valence-corrected chi connectivity index (χ0v) is 22.6. The maximum atomic E-state index is 13.1. The molecule has 0 saturated carbocycles. The molecule has 4 aromatic rings. The average Bonchev–Trinajstić information content (AvgIpc) is 3.33. The molecule has 0 aliphatic carbocycles. The Kier molecular flexibility index (Phi) is 7.18. The molecule has 5 rings (SSSR count). The van der Waals surface area contributed by atoms with Crippen LogP contribution in [0.3, 0.4) is 0 Å². The van der Waals surface area contributed by atoms with Gasteiger partial charge in [-0.1, -0.05) is 18.2 Å². The molecular weight excluding hydrogens is 528 g/mol. The van der Waals surface area contributed by atoms with Gasteiger partial charge in [-0.15, -0.1) is 0 Å². The van der Waals surface area contributed by atoms with E-state index in [4.69, 9.17) is 4.74 Å². The number of hydrogen-bond acceptors (Lipinski definition) is 9. The molecule has 202 valence electrons. The van der Waals surface area contributed by atoms with Crippen molar-refractivity contribution >= 4 is 49.0 Å². The van der Waals surface area contributed by atoms with Crippen molar-refractivity contribution < 1.29 is 22.3 Å². The van der Waals surface area contributed by atoms with E-state index in [1.165, 1.54) is 12.5 Å². The Morgan fingerprint density at radius 1 is 1.08 bits per heavy atom. The molecule has 11 nitrogen and oxygen atoms in total. The van der Waals surface area contributed by atoms with E-state index in [-0.39, 0.29) is 34.1 Å². The summed E-state index contributed by atoms with van der Waals surface area (Å²) in [6, 6.07) is 12.7. The number of imidazole rings is 1. The summed E-state index contributed by atoms with van der Waals surface area (Å²) in [5.74, 6) is 1.41. The molecule has 1 saturated heterocycles. The van der Waals surface area contributed by atoms with Crippen LogP contribution >= 0.6 is 10.6 Å². The van der Waals surface area contributed by atoms with Crippen molar-refractivity contribution in [2.24, 2.45) is 13.0 Å². The maximum Gasteiger partial charge on any atom is 0.282 e. The average molecular weight is 557 g/mol. The van der Waals surface area contributed by atoms with Crippen LogP contribution < -0.4 is 14.8 Å². The minimum atomic E-state index is -4.04. The second-order valence-electron chi connectivity index (χ2n) is 9.34. The lowest BCUT2D eigenvalue weighted by Gasteiger charge is -2.63. The van der Waals surface area contributed by atoms with E-state index in [9.17, 15) is 17.5 Å². The molecule has 0 amide bonds. The number of methoxy groups -OCH3 is 1. The van der Waals surface area contributed by atoms with Crippen LogP contribution in [-0.2, 0) is 23.5 Å². The van der Waals surface area contributed by atoms with Gasteiger partial charge in [-0.2, -0.15) is 8.42 Å². The summed E-state index contributed by atoms with van der Waals surface area (Å²) in [5, 5.41) is 3.13. The standard InChI is InChI=1S/C25H30N6O5S2/c1-31-15-23(26-16-31)38(34,35)30-25-24(27-20-5-3-4-6-21(20)28-25)29-22-14-19(36-2)8-7-18(22)13-17-9-11-37(32,33)12-10-17/h3-8,14-17,32-33H,9-13H2,1-2H3,(H,27,29)(H,28,30)/p-2. The van der Waals surface area contributed by atoms with E-state index < -0.39 is 20.6 Å². The van der Waals surface area contributed by atoms with E-state index in [0.717, 1.165) is 5.56 Å². The third kappa shape index (κ3) is 5.85. The number of ether oxygens (including phenoxy) is 1. The molecule has 1 aliphatic rings. The Morgan fingerprint density at radius 2 is 1.76 bits per heavy atom. The molecule has 1 aliphatic heterocycles. The number of anilines is 3. The second kappa shape index (κ2) is 10.4. The highest BCUT2D eigenvalue weighted by molar-refractivity contribution is 8.24. The van der Waals surface area contributed by atoms with E-state index in [1.54, 1.807) is 36.9 Å².